The Balaban J connectivity index is 2.26. The van der Waals surface area contributed by atoms with Crippen LogP contribution in [-0.2, 0) is 6.42 Å². The fourth-order valence-corrected chi connectivity index (χ4v) is 2.24. The molecule has 0 aliphatic rings. The molecule has 100 valence electrons. The molecule has 1 unspecified atom stereocenters. The van der Waals surface area contributed by atoms with Gasteiger partial charge in [0, 0.05) is 29.4 Å². The van der Waals surface area contributed by atoms with Crippen LogP contribution < -0.4 is 4.74 Å². The van der Waals surface area contributed by atoms with Crippen LogP contribution >= 0.6 is 11.6 Å². The number of ether oxygens (including phenoxy) is 1. The Hall–Kier alpha value is -1.58. The van der Waals surface area contributed by atoms with Gasteiger partial charge in [-0.1, -0.05) is 11.6 Å². The molecule has 1 heterocycles. The first-order valence-electron chi connectivity index (χ1n) is 6.03. The molecule has 0 saturated heterocycles. The minimum atomic E-state index is -0.624. The van der Waals surface area contributed by atoms with Crippen molar-refractivity contribution in [2.24, 2.45) is 0 Å². The van der Waals surface area contributed by atoms with Gasteiger partial charge >= 0.3 is 0 Å². The number of rotatable bonds is 4. The smallest absolute Gasteiger partial charge is 0.122 e. The van der Waals surface area contributed by atoms with Crippen molar-refractivity contribution in [1.29, 1.82) is 0 Å². The number of halogens is 1. The van der Waals surface area contributed by atoms with E-state index < -0.39 is 6.10 Å². The van der Waals surface area contributed by atoms with Crippen molar-refractivity contribution in [2.45, 2.75) is 19.4 Å². The number of nitrogens with zero attached hydrogens (tertiary/aromatic N) is 1. The third kappa shape index (κ3) is 3.25. The van der Waals surface area contributed by atoms with E-state index in [1.165, 1.54) is 0 Å². The minimum Gasteiger partial charge on any atom is -0.496 e. The maximum Gasteiger partial charge on any atom is 0.122 e. The molecule has 0 spiro atoms. The van der Waals surface area contributed by atoms with E-state index in [0.717, 1.165) is 22.4 Å². The molecule has 1 aromatic carbocycles. The molecular formula is C15H16ClNO2. The number of benzene rings is 1. The lowest BCUT2D eigenvalue weighted by atomic mass is 9.99. The predicted molar refractivity (Wildman–Crippen MR) is 75.6 cm³/mol. The summed E-state index contributed by atoms with van der Waals surface area (Å²) < 4.78 is 5.28. The number of aliphatic hydroxyl groups is 1. The highest BCUT2D eigenvalue weighted by Crippen LogP contribution is 2.28. The molecule has 4 heteroatoms. The first-order valence-corrected chi connectivity index (χ1v) is 6.40. The Morgan fingerprint density at radius 2 is 2.16 bits per heavy atom. The van der Waals surface area contributed by atoms with E-state index in [9.17, 15) is 5.11 Å². The Bertz CT molecular complexity index is 572. The molecular weight excluding hydrogens is 262 g/mol. The van der Waals surface area contributed by atoms with Crippen LogP contribution in [0.4, 0.5) is 0 Å². The number of aryl methyl sites for hydroxylation is 1. The van der Waals surface area contributed by atoms with Crippen molar-refractivity contribution < 1.29 is 9.84 Å². The minimum absolute atomic E-state index is 0.441. The molecule has 0 fully saturated rings. The van der Waals surface area contributed by atoms with E-state index in [1.54, 1.807) is 31.6 Å². The monoisotopic (exact) mass is 277 g/mol. The zero-order valence-electron chi connectivity index (χ0n) is 10.9. The summed E-state index contributed by atoms with van der Waals surface area (Å²) in [4.78, 5) is 4.05. The molecule has 0 aliphatic carbocycles. The van der Waals surface area contributed by atoms with Crippen molar-refractivity contribution in [1.82, 2.24) is 4.98 Å². The van der Waals surface area contributed by atoms with Gasteiger partial charge < -0.3 is 9.84 Å². The Labute approximate surface area is 117 Å². The van der Waals surface area contributed by atoms with E-state index in [0.29, 0.717) is 11.4 Å². The zero-order valence-corrected chi connectivity index (χ0v) is 11.7. The normalized spacial score (nSPS) is 12.2. The molecule has 1 atom stereocenters. The van der Waals surface area contributed by atoms with Gasteiger partial charge in [-0.25, -0.2) is 0 Å². The van der Waals surface area contributed by atoms with Gasteiger partial charge in [0.2, 0.25) is 0 Å². The van der Waals surface area contributed by atoms with E-state index in [1.807, 2.05) is 19.1 Å². The van der Waals surface area contributed by atoms with Crippen LogP contribution in [0.5, 0.6) is 5.75 Å². The van der Waals surface area contributed by atoms with E-state index in [2.05, 4.69) is 4.98 Å². The average Bonchev–Trinajstić information content (AvgIpc) is 2.39. The summed E-state index contributed by atoms with van der Waals surface area (Å²) in [6.07, 6.45) is 3.22. The second kappa shape index (κ2) is 6.04. The molecule has 1 aromatic heterocycles. The lowest BCUT2D eigenvalue weighted by Crippen LogP contribution is -2.05. The summed E-state index contributed by atoms with van der Waals surface area (Å²) in [6.45, 7) is 1.95. The standard InChI is InChI=1S/C15H16ClNO2/c1-10-5-6-17-9-13(10)14(18)8-11-7-12(16)3-4-15(11)19-2/h3-7,9,14,18H,8H2,1-2H3. The summed E-state index contributed by atoms with van der Waals surface area (Å²) in [6, 6.07) is 7.27. The molecule has 1 N–H and O–H groups in total. The van der Waals surface area contributed by atoms with Crippen LogP contribution in [0.1, 0.15) is 22.8 Å². The van der Waals surface area contributed by atoms with Gasteiger partial charge in [-0.05, 0) is 42.3 Å². The number of methoxy groups -OCH3 is 1. The number of aliphatic hydroxyl groups excluding tert-OH is 1. The molecule has 2 rings (SSSR count). The van der Waals surface area contributed by atoms with Crippen LogP contribution in [0.15, 0.2) is 36.7 Å². The molecule has 2 aromatic rings. The highest BCUT2D eigenvalue weighted by Gasteiger charge is 2.14. The zero-order chi connectivity index (χ0) is 13.8. The topological polar surface area (TPSA) is 42.4 Å². The van der Waals surface area contributed by atoms with Crippen LogP contribution in [0.2, 0.25) is 5.02 Å². The van der Waals surface area contributed by atoms with Crippen LogP contribution in [0, 0.1) is 6.92 Å². The van der Waals surface area contributed by atoms with Crippen LogP contribution in [0.25, 0.3) is 0 Å². The molecule has 3 nitrogen and oxygen atoms in total. The van der Waals surface area contributed by atoms with Crippen molar-refractivity contribution in [3.05, 3.63) is 58.4 Å². The first-order chi connectivity index (χ1) is 9.11. The molecule has 19 heavy (non-hydrogen) atoms. The lowest BCUT2D eigenvalue weighted by molar-refractivity contribution is 0.176. The van der Waals surface area contributed by atoms with Crippen LogP contribution in [-0.4, -0.2) is 17.2 Å². The summed E-state index contributed by atoms with van der Waals surface area (Å²) >= 11 is 5.98. The van der Waals surface area contributed by atoms with E-state index in [-0.39, 0.29) is 0 Å². The lowest BCUT2D eigenvalue weighted by Gasteiger charge is -2.15. The third-order valence-electron chi connectivity index (χ3n) is 3.09. The van der Waals surface area contributed by atoms with Gasteiger partial charge in [-0.3, -0.25) is 4.98 Å². The Kier molecular flexibility index (Phi) is 4.40. The second-order valence-electron chi connectivity index (χ2n) is 4.41. The van der Waals surface area contributed by atoms with Gasteiger partial charge in [0.1, 0.15) is 5.75 Å². The largest absolute Gasteiger partial charge is 0.496 e. The molecule has 0 radical (unpaired) electrons. The van der Waals surface area contributed by atoms with E-state index >= 15 is 0 Å². The maximum absolute atomic E-state index is 10.3. The summed E-state index contributed by atoms with van der Waals surface area (Å²) in [5.74, 6) is 0.727. The molecule has 0 aliphatic heterocycles. The Morgan fingerprint density at radius 3 is 2.84 bits per heavy atom. The molecule has 0 bridgehead atoms. The van der Waals surface area contributed by atoms with Gasteiger partial charge in [0.25, 0.3) is 0 Å². The quantitative estimate of drug-likeness (QED) is 0.932. The Morgan fingerprint density at radius 1 is 1.37 bits per heavy atom. The van der Waals surface area contributed by atoms with Gasteiger partial charge in [0.15, 0.2) is 0 Å². The number of pyridine rings is 1. The number of hydrogen-bond donors (Lipinski definition) is 1. The predicted octanol–water partition coefficient (Wildman–Crippen LogP) is 3.33. The van der Waals surface area contributed by atoms with Crippen molar-refractivity contribution in [3.63, 3.8) is 0 Å². The summed E-state index contributed by atoms with van der Waals surface area (Å²) in [7, 11) is 1.61. The summed E-state index contributed by atoms with van der Waals surface area (Å²) in [5, 5.41) is 11.0. The SMILES string of the molecule is COc1ccc(Cl)cc1CC(O)c1cnccc1C. The highest BCUT2D eigenvalue weighted by molar-refractivity contribution is 6.30. The fraction of sp³-hybridized carbons (Fsp3) is 0.267. The third-order valence-corrected chi connectivity index (χ3v) is 3.33. The number of aromatic nitrogens is 1. The van der Waals surface area contributed by atoms with Crippen molar-refractivity contribution in [3.8, 4) is 5.75 Å². The second-order valence-corrected chi connectivity index (χ2v) is 4.84. The van der Waals surface area contributed by atoms with E-state index in [4.69, 9.17) is 16.3 Å². The average molecular weight is 278 g/mol. The fourth-order valence-electron chi connectivity index (χ4n) is 2.05. The van der Waals surface area contributed by atoms with Gasteiger partial charge in [-0.15, -0.1) is 0 Å². The maximum atomic E-state index is 10.3. The molecule has 0 saturated carbocycles. The van der Waals surface area contributed by atoms with Crippen molar-refractivity contribution >= 4 is 11.6 Å². The molecule has 0 amide bonds. The number of hydrogen-bond acceptors (Lipinski definition) is 3. The van der Waals surface area contributed by atoms with Gasteiger partial charge in [-0.2, -0.15) is 0 Å². The highest BCUT2D eigenvalue weighted by atomic mass is 35.5. The van der Waals surface area contributed by atoms with Crippen molar-refractivity contribution in [2.75, 3.05) is 7.11 Å². The van der Waals surface area contributed by atoms with Gasteiger partial charge in [0.05, 0.1) is 13.2 Å². The van der Waals surface area contributed by atoms with Crippen LogP contribution in [0.3, 0.4) is 0 Å². The first kappa shape index (κ1) is 13.8. The summed E-state index contributed by atoms with van der Waals surface area (Å²) in [5.41, 5.74) is 2.72.